The number of aliphatic hydroxyl groups is 2. The fourth-order valence-corrected chi connectivity index (χ4v) is 2.40. The molecule has 0 radical (unpaired) electrons. The molecule has 0 bridgehead atoms. The molecule has 1 aromatic carbocycles. The van der Waals surface area contributed by atoms with Gasteiger partial charge < -0.3 is 14.9 Å². The summed E-state index contributed by atoms with van der Waals surface area (Å²) in [6, 6.07) is 7.06. The van der Waals surface area contributed by atoms with E-state index in [1.807, 2.05) is 0 Å². The summed E-state index contributed by atoms with van der Waals surface area (Å²) in [7, 11) is 0. The van der Waals surface area contributed by atoms with Gasteiger partial charge in [0.25, 0.3) is 0 Å². The van der Waals surface area contributed by atoms with Crippen LogP contribution in [-0.4, -0.2) is 53.6 Å². The van der Waals surface area contributed by atoms with Crippen molar-refractivity contribution in [2.75, 3.05) is 26.2 Å². The fourth-order valence-electron chi connectivity index (χ4n) is 2.27. The topological polar surface area (TPSA) is 52.9 Å². The molecule has 1 fully saturated rings. The molecule has 19 heavy (non-hydrogen) atoms. The van der Waals surface area contributed by atoms with Crippen molar-refractivity contribution in [3.8, 4) is 5.75 Å². The first kappa shape index (κ1) is 14.6. The van der Waals surface area contributed by atoms with Gasteiger partial charge in [0, 0.05) is 18.1 Å². The molecular formula is C14H20ClNO3. The Hall–Kier alpha value is -0.810. The van der Waals surface area contributed by atoms with Crippen LogP contribution in [0.2, 0.25) is 5.02 Å². The third-order valence-electron chi connectivity index (χ3n) is 3.21. The van der Waals surface area contributed by atoms with Crippen LogP contribution in [0, 0.1) is 0 Å². The highest BCUT2D eigenvalue weighted by Gasteiger charge is 2.20. The lowest BCUT2D eigenvalue weighted by molar-refractivity contribution is 0.0243. The molecule has 1 saturated heterocycles. The smallest absolute Gasteiger partial charge is 0.119 e. The van der Waals surface area contributed by atoms with Crippen molar-refractivity contribution in [2.45, 2.75) is 25.0 Å². The van der Waals surface area contributed by atoms with Gasteiger partial charge in [0.1, 0.15) is 18.5 Å². The van der Waals surface area contributed by atoms with Crippen LogP contribution in [0.15, 0.2) is 24.3 Å². The monoisotopic (exact) mass is 285 g/mol. The molecule has 0 saturated carbocycles. The van der Waals surface area contributed by atoms with Crippen LogP contribution in [0.5, 0.6) is 5.75 Å². The number of β-amino-alcohol motifs (C(OH)–C–C–N with tert-alkyl or cyclic N) is 2. The van der Waals surface area contributed by atoms with E-state index in [-0.39, 0.29) is 12.7 Å². The molecule has 1 heterocycles. The second kappa shape index (κ2) is 7.10. The van der Waals surface area contributed by atoms with Crippen molar-refractivity contribution < 1.29 is 14.9 Å². The van der Waals surface area contributed by atoms with Crippen LogP contribution in [-0.2, 0) is 0 Å². The molecule has 2 atom stereocenters. The van der Waals surface area contributed by atoms with Gasteiger partial charge in [-0.05, 0) is 43.7 Å². The third-order valence-corrected chi connectivity index (χ3v) is 3.46. The maximum Gasteiger partial charge on any atom is 0.119 e. The zero-order valence-corrected chi connectivity index (χ0v) is 11.6. The summed E-state index contributed by atoms with van der Waals surface area (Å²) in [5, 5.41) is 20.2. The number of aliphatic hydroxyl groups excluding tert-OH is 2. The molecule has 1 aliphatic rings. The highest BCUT2D eigenvalue weighted by Crippen LogP contribution is 2.16. The van der Waals surface area contributed by atoms with Crippen molar-refractivity contribution in [3.63, 3.8) is 0 Å². The molecule has 4 nitrogen and oxygen atoms in total. The standard InChI is InChI=1S/C14H20ClNO3/c15-11-3-5-14(6-4-11)19-10-13(18)9-16-7-1-2-12(17)8-16/h3-6,12-13,17-18H,1-2,7-10H2/t12-,13+/m1/s1. The first-order valence-electron chi connectivity index (χ1n) is 6.60. The van der Waals surface area contributed by atoms with Gasteiger partial charge in [-0.3, -0.25) is 4.90 Å². The Bertz CT molecular complexity index is 385. The maximum absolute atomic E-state index is 9.93. The molecule has 0 aliphatic carbocycles. The molecule has 2 rings (SSSR count). The van der Waals surface area contributed by atoms with Gasteiger partial charge in [0.15, 0.2) is 0 Å². The number of ether oxygens (including phenoxy) is 1. The van der Waals surface area contributed by atoms with E-state index in [2.05, 4.69) is 4.90 Å². The minimum absolute atomic E-state index is 0.244. The Labute approximate surface area is 118 Å². The molecule has 0 aromatic heterocycles. The van der Waals surface area contributed by atoms with Crippen LogP contribution < -0.4 is 4.74 Å². The molecule has 1 aromatic rings. The van der Waals surface area contributed by atoms with Gasteiger partial charge >= 0.3 is 0 Å². The molecule has 5 heteroatoms. The summed E-state index contributed by atoms with van der Waals surface area (Å²) in [5.41, 5.74) is 0. The van der Waals surface area contributed by atoms with Crippen LogP contribution in [0.25, 0.3) is 0 Å². The average Bonchev–Trinajstić information content (AvgIpc) is 2.38. The Morgan fingerprint density at radius 1 is 1.37 bits per heavy atom. The Morgan fingerprint density at radius 3 is 2.79 bits per heavy atom. The van der Waals surface area contributed by atoms with Crippen LogP contribution in [0.1, 0.15) is 12.8 Å². The zero-order valence-electron chi connectivity index (χ0n) is 10.8. The summed E-state index contributed by atoms with van der Waals surface area (Å²) >= 11 is 5.78. The zero-order chi connectivity index (χ0) is 13.7. The summed E-state index contributed by atoms with van der Waals surface area (Å²) in [5.74, 6) is 0.696. The number of benzene rings is 1. The predicted molar refractivity (Wildman–Crippen MR) is 74.6 cm³/mol. The lowest BCUT2D eigenvalue weighted by Crippen LogP contribution is -2.43. The highest BCUT2D eigenvalue weighted by molar-refractivity contribution is 6.30. The van der Waals surface area contributed by atoms with Gasteiger partial charge in [-0.25, -0.2) is 0 Å². The average molecular weight is 286 g/mol. The van der Waals surface area contributed by atoms with E-state index in [0.717, 1.165) is 19.4 Å². The van der Waals surface area contributed by atoms with Crippen molar-refractivity contribution >= 4 is 11.6 Å². The largest absolute Gasteiger partial charge is 0.491 e. The number of rotatable bonds is 5. The Kier molecular flexibility index (Phi) is 5.45. The Morgan fingerprint density at radius 2 is 2.11 bits per heavy atom. The second-order valence-electron chi connectivity index (χ2n) is 4.97. The molecule has 106 valence electrons. The lowest BCUT2D eigenvalue weighted by atomic mass is 10.1. The number of halogens is 1. The van der Waals surface area contributed by atoms with E-state index in [4.69, 9.17) is 16.3 Å². The van der Waals surface area contributed by atoms with Crippen LogP contribution >= 0.6 is 11.6 Å². The van der Waals surface area contributed by atoms with Gasteiger partial charge in [0.2, 0.25) is 0 Å². The first-order chi connectivity index (χ1) is 9.13. The molecule has 0 amide bonds. The SMILES string of the molecule is O[C@@H]1CCCN(C[C@H](O)COc2ccc(Cl)cc2)C1. The third kappa shape index (κ3) is 4.99. The van der Waals surface area contributed by atoms with E-state index in [9.17, 15) is 10.2 Å². The summed E-state index contributed by atoms with van der Waals surface area (Å²) in [6.45, 7) is 2.34. The van der Waals surface area contributed by atoms with Gasteiger partial charge in [-0.15, -0.1) is 0 Å². The van der Waals surface area contributed by atoms with Crippen molar-refractivity contribution in [1.29, 1.82) is 0 Å². The van der Waals surface area contributed by atoms with Gasteiger partial charge in [-0.1, -0.05) is 11.6 Å². The highest BCUT2D eigenvalue weighted by atomic mass is 35.5. The fraction of sp³-hybridized carbons (Fsp3) is 0.571. The van der Waals surface area contributed by atoms with Crippen LogP contribution in [0.3, 0.4) is 0 Å². The van der Waals surface area contributed by atoms with E-state index < -0.39 is 6.10 Å². The molecular weight excluding hydrogens is 266 g/mol. The summed E-state index contributed by atoms with van der Waals surface area (Å²) in [4.78, 5) is 2.07. The van der Waals surface area contributed by atoms with Crippen molar-refractivity contribution in [3.05, 3.63) is 29.3 Å². The number of hydrogen-bond acceptors (Lipinski definition) is 4. The number of piperidine rings is 1. The number of likely N-dealkylation sites (tertiary alicyclic amines) is 1. The lowest BCUT2D eigenvalue weighted by Gasteiger charge is -2.31. The minimum Gasteiger partial charge on any atom is -0.491 e. The first-order valence-corrected chi connectivity index (χ1v) is 6.98. The molecule has 0 spiro atoms. The van der Waals surface area contributed by atoms with E-state index in [0.29, 0.717) is 23.9 Å². The normalized spacial score (nSPS) is 22.2. The van der Waals surface area contributed by atoms with E-state index in [1.165, 1.54) is 0 Å². The Balaban J connectivity index is 1.72. The molecule has 2 N–H and O–H groups in total. The van der Waals surface area contributed by atoms with Crippen molar-refractivity contribution in [2.24, 2.45) is 0 Å². The predicted octanol–water partition coefficient (Wildman–Crippen LogP) is 1.54. The molecule has 1 aliphatic heterocycles. The number of hydrogen-bond donors (Lipinski definition) is 2. The summed E-state index contributed by atoms with van der Waals surface area (Å²) < 4.78 is 5.49. The van der Waals surface area contributed by atoms with Crippen LogP contribution in [0.4, 0.5) is 0 Å². The second-order valence-corrected chi connectivity index (χ2v) is 5.41. The van der Waals surface area contributed by atoms with E-state index >= 15 is 0 Å². The maximum atomic E-state index is 9.93. The molecule has 0 unspecified atom stereocenters. The van der Waals surface area contributed by atoms with Gasteiger partial charge in [0.05, 0.1) is 6.10 Å². The van der Waals surface area contributed by atoms with Gasteiger partial charge in [-0.2, -0.15) is 0 Å². The number of nitrogens with zero attached hydrogens (tertiary/aromatic N) is 1. The quantitative estimate of drug-likeness (QED) is 0.862. The van der Waals surface area contributed by atoms with Crippen molar-refractivity contribution in [1.82, 2.24) is 4.90 Å². The van der Waals surface area contributed by atoms with E-state index in [1.54, 1.807) is 24.3 Å². The minimum atomic E-state index is -0.555. The summed E-state index contributed by atoms with van der Waals surface area (Å²) in [6.07, 6.45) is 1.01.